The molecule has 1 fully saturated rings. The van der Waals surface area contributed by atoms with Gasteiger partial charge in [0.1, 0.15) is 10.8 Å². The normalized spacial score (nSPS) is 18.0. The summed E-state index contributed by atoms with van der Waals surface area (Å²) < 4.78 is 13.0. The Balaban J connectivity index is 1.63. The van der Waals surface area contributed by atoms with Crippen LogP contribution < -0.4 is 0 Å². The number of nitriles is 1. The van der Waals surface area contributed by atoms with E-state index in [-0.39, 0.29) is 11.2 Å². The van der Waals surface area contributed by atoms with Crippen molar-refractivity contribution in [3.05, 3.63) is 41.2 Å². The molecule has 0 saturated carbocycles. The van der Waals surface area contributed by atoms with E-state index in [1.165, 1.54) is 12.1 Å². The number of hydrogen-bond acceptors (Lipinski definition) is 4. The molecule has 5 heteroatoms. The predicted molar refractivity (Wildman–Crippen MR) is 85.7 cm³/mol. The van der Waals surface area contributed by atoms with E-state index in [9.17, 15) is 4.39 Å². The summed E-state index contributed by atoms with van der Waals surface area (Å²) >= 11 is 1.59. The van der Waals surface area contributed by atoms with Crippen LogP contribution in [0.1, 0.15) is 25.5 Å². The molecule has 2 aromatic rings. The Labute approximate surface area is 134 Å². The average molecular weight is 315 g/mol. The van der Waals surface area contributed by atoms with Gasteiger partial charge in [0.15, 0.2) is 0 Å². The summed E-state index contributed by atoms with van der Waals surface area (Å²) in [6, 6.07) is 8.87. The van der Waals surface area contributed by atoms with Crippen LogP contribution >= 0.6 is 11.3 Å². The van der Waals surface area contributed by atoms with Crippen molar-refractivity contribution in [3.63, 3.8) is 0 Å². The molecule has 22 heavy (non-hydrogen) atoms. The summed E-state index contributed by atoms with van der Waals surface area (Å²) in [5, 5.41) is 12.2. The van der Waals surface area contributed by atoms with Gasteiger partial charge in [0.25, 0.3) is 0 Å². The molecule has 114 valence electrons. The lowest BCUT2D eigenvalue weighted by Gasteiger charge is -2.34. The van der Waals surface area contributed by atoms with Gasteiger partial charge in [-0.1, -0.05) is 0 Å². The van der Waals surface area contributed by atoms with Gasteiger partial charge < -0.3 is 0 Å². The largest absolute Gasteiger partial charge is 0.297 e. The van der Waals surface area contributed by atoms with E-state index < -0.39 is 0 Å². The first-order valence-electron chi connectivity index (χ1n) is 7.42. The summed E-state index contributed by atoms with van der Waals surface area (Å²) in [7, 11) is 0. The van der Waals surface area contributed by atoms with Crippen molar-refractivity contribution in [2.45, 2.75) is 26.3 Å². The Bertz CT molecular complexity index is 679. The lowest BCUT2D eigenvalue weighted by Crippen LogP contribution is -2.37. The van der Waals surface area contributed by atoms with E-state index in [1.54, 1.807) is 23.5 Å². The number of benzene rings is 1. The molecule has 0 bridgehead atoms. The molecule has 0 spiro atoms. The second-order valence-corrected chi connectivity index (χ2v) is 6.96. The minimum atomic E-state index is -0.227. The Hall–Kier alpha value is -1.77. The summed E-state index contributed by atoms with van der Waals surface area (Å²) in [6.07, 6.45) is 1.83. The zero-order chi connectivity index (χ0) is 15.6. The first-order valence-corrected chi connectivity index (χ1v) is 8.30. The number of thiazole rings is 1. The molecule has 0 amide bonds. The third kappa shape index (κ3) is 3.34. The molecule has 0 N–H and O–H groups in total. The molecule has 1 aliphatic heterocycles. The van der Waals surface area contributed by atoms with E-state index >= 15 is 0 Å². The van der Waals surface area contributed by atoms with Gasteiger partial charge in [-0.05, 0) is 44.0 Å². The van der Waals surface area contributed by atoms with Crippen molar-refractivity contribution >= 4 is 11.3 Å². The fourth-order valence-corrected chi connectivity index (χ4v) is 3.47. The van der Waals surface area contributed by atoms with Crippen molar-refractivity contribution in [2.75, 3.05) is 13.1 Å². The van der Waals surface area contributed by atoms with Crippen molar-refractivity contribution in [2.24, 2.45) is 5.41 Å². The molecule has 2 heterocycles. The van der Waals surface area contributed by atoms with Crippen LogP contribution in [0.4, 0.5) is 4.39 Å². The van der Waals surface area contributed by atoms with Crippen molar-refractivity contribution in [3.8, 4) is 16.6 Å². The van der Waals surface area contributed by atoms with Gasteiger partial charge >= 0.3 is 0 Å². The van der Waals surface area contributed by atoms with Crippen molar-refractivity contribution in [1.29, 1.82) is 5.26 Å². The second-order valence-electron chi connectivity index (χ2n) is 6.10. The van der Waals surface area contributed by atoms with Crippen LogP contribution in [0.15, 0.2) is 29.6 Å². The second kappa shape index (κ2) is 6.15. The number of rotatable bonds is 3. The highest BCUT2D eigenvalue weighted by atomic mass is 32.1. The average Bonchev–Trinajstić information content (AvgIpc) is 2.99. The molecule has 1 aliphatic rings. The van der Waals surface area contributed by atoms with Crippen LogP contribution in [-0.4, -0.2) is 23.0 Å². The van der Waals surface area contributed by atoms with Crippen LogP contribution in [0.3, 0.4) is 0 Å². The summed E-state index contributed by atoms with van der Waals surface area (Å²) in [5.74, 6) is -0.227. The fraction of sp³-hybridized carbons (Fsp3) is 0.412. The number of halogens is 1. The van der Waals surface area contributed by atoms with Gasteiger partial charge in [0, 0.05) is 30.6 Å². The number of piperidine rings is 1. The van der Waals surface area contributed by atoms with Crippen LogP contribution in [0.2, 0.25) is 0 Å². The zero-order valence-electron chi connectivity index (χ0n) is 12.6. The smallest absolute Gasteiger partial charge is 0.123 e. The number of aromatic nitrogens is 1. The Morgan fingerprint density at radius 1 is 1.32 bits per heavy atom. The molecule has 1 aromatic heterocycles. The molecular weight excluding hydrogens is 297 g/mol. The zero-order valence-corrected chi connectivity index (χ0v) is 13.4. The molecule has 1 aromatic carbocycles. The van der Waals surface area contributed by atoms with Crippen LogP contribution in [0.5, 0.6) is 0 Å². The van der Waals surface area contributed by atoms with E-state index in [0.29, 0.717) is 0 Å². The quantitative estimate of drug-likeness (QED) is 0.857. The molecule has 0 aliphatic carbocycles. The Kier molecular flexibility index (Phi) is 4.23. The summed E-state index contributed by atoms with van der Waals surface area (Å²) in [6.45, 7) is 4.74. The first kappa shape index (κ1) is 15.1. The first-order chi connectivity index (χ1) is 10.6. The maximum atomic E-state index is 13.0. The molecule has 3 nitrogen and oxygen atoms in total. The minimum absolute atomic E-state index is 0.169. The fourth-order valence-electron chi connectivity index (χ4n) is 2.65. The van der Waals surface area contributed by atoms with Crippen molar-refractivity contribution < 1.29 is 4.39 Å². The molecule has 3 rings (SSSR count). The molecule has 0 unspecified atom stereocenters. The molecule has 0 atom stereocenters. The van der Waals surface area contributed by atoms with Crippen LogP contribution in [0.25, 0.3) is 10.6 Å². The number of hydrogen-bond donors (Lipinski definition) is 0. The number of nitrogens with zero attached hydrogens (tertiary/aromatic N) is 3. The SMILES string of the molecule is CC1(C#N)CCN(Cc2csc(-c3ccc(F)cc3)n2)CC1. The van der Waals surface area contributed by atoms with Gasteiger partial charge in [-0.25, -0.2) is 9.37 Å². The van der Waals surface area contributed by atoms with E-state index in [4.69, 9.17) is 5.26 Å². The topological polar surface area (TPSA) is 39.9 Å². The predicted octanol–water partition coefficient (Wildman–Crippen LogP) is 4.07. The van der Waals surface area contributed by atoms with Gasteiger partial charge in [0.2, 0.25) is 0 Å². The van der Waals surface area contributed by atoms with E-state index in [2.05, 4.69) is 21.3 Å². The summed E-state index contributed by atoms with van der Waals surface area (Å²) in [4.78, 5) is 7.00. The summed E-state index contributed by atoms with van der Waals surface area (Å²) in [5.41, 5.74) is 1.83. The minimum Gasteiger partial charge on any atom is -0.297 e. The van der Waals surface area contributed by atoms with Gasteiger partial charge in [-0.15, -0.1) is 11.3 Å². The Morgan fingerprint density at radius 2 is 2.00 bits per heavy atom. The van der Waals surface area contributed by atoms with Crippen LogP contribution in [0, 0.1) is 22.6 Å². The number of likely N-dealkylation sites (tertiary alicyclic amines) is 1. The lowest BCUT2D eigenvalue weighted by molar-refractivity contribution is 0.149. The highest BCUT2D eigenvalue weighted by molar-refractivity contribution is 7.13. The van der Waals surface area contributed by atoms with Gasteiger partial charge in [0.05, 0.1) is 17.2 Å². The maximum Gasteiger partial charge on any atom is 0.123 e. The third-order valence-corrected chi connectivity index (χ3v) is 5.20. The monoisotopic (exact) mass is 315 g/mol. The van der Waals surface area contributed by atoms with Crippen LogP contribution in [-0.2, 0) is 6.54 Å². The van der Waals surface area contributed by atoms with Gasteiger partial charge in [-0.3, -0.25) is 4.90 Å². The molecular formula is C17H18FN3S. The van der Waals surface area contributed by atoms with Crippen molar-refractivity contribution in [1.82, 2.24) is 9.88 Å². The standard InChI is InChI=1S/C17H18FN3S/c1-17(12-19)6-8-21(9-7-17)10-15-11-22-16(20-15)13-2-4-14(18)5-3-13/h2-5,11H,6-10H2,1H3. The highest BCUT2D eigenvalue weighted by Gasteiger charge is 2.29. The van der Waals surface area contributed by atoms with Gasteiger partial charge in [-0.2, -0.15) is 5.26 Å². The molecule has 0 radical (unpaired) electrons. The third-order valence-electron chi connectivity index (χ3n) is 4.26. The highest BCUT2D eigenvalue weighted by Crippen LogP contribution is 2.31. The Morgan fingerprint density at radius 3 is 2.64 bits per heavy atom. The van der Waals surface area contributed by atoms with E-state index in [0.717, 1.165) is 48.7 Å². The maximum absolute atomic E-state index is 13.0. The molecule has 1 saturated heterocycles. The van der Waals surface area contributed by atoms with E-state index in [1.807, 2.05) is 6.92 Å². The lowest BCUT2D eigenvalue weighted by atomic mass is 9.82.